The Bertz CT molecular complexity index is 386. The standard InChI is InChI=1S/C11H12F3NO2/c12-11(13,14)9-2-1-4-15(6-9)10(16)8-3-5-17-7-8/h3,5,7,9H,1-2,4,6H2/t9-/m1/s1. The highest BCUT2D eigenvalue weighted by molar-refractivity contribution is 5.93. The third-order valence-corrected chi connectivity index (χ3v) is 2.94. The fraction of sp³-hybridized carbons (Fsp3) is 0.545. The quantitative estimate of drug-likeness (QED) is 0.764. The van der Waals surface area contributed by atoms with E-state index >= 15 is 0 Å². The van der Waals surface area contributed by atoms with Crippen molar-refractivity contribution in [3.8, 4) is 0 Å². The molecule has 1 saturated heterocycles. The monoisotopic (exact) mass is 247 g/mol. The second kappa shape index (κ2) is 4.43. The van der Waals surface area contributed by atoms with E-state index in [1.807, 2.05) is 0 Å². The number of rotatable bonds is 1. The van der Waals surface area contributed by atoms with Crippen LogP contribution in [0.4, 0.5) is 13.2 Å². The van der Waals surface area contributed by atoms with Crippen molar-refractivity contribution in [1.29, 1.82) is 0 Å². The number of furan rings is 1. The lowest BCUT2D eigenvalue weighted by Crippen LogP contribution is -2.44. The average Bonchev–Trinajstić information content (AvgIpc) is 2.80. The lowest BCUT2D eigenvalue weighted by Gasteiger charge is -2.33. The van der Waals surface area contributed by atoms with Gasteiger partial charge in [-0.15, -0.1) is 0 Å². The Morgan fingerprint density at radius 2 is 2.24 bits per heavy atom. The predicted molar refractivity (Wildman–Crippen MR) is 53.4 cm³/mol. The first-order valence-electron chi connectivity index (χ1n) is 5.36. The van der Waals surface area contributed by atoms with Gasteiger partial charge in [-0.2, -0.15) is 13.2 Å². The maximum absolute atomic E-state index is 12.6. The number of nitrogens with zero attached hydrogens (tertiary/aromatic N) is 1. The summed E-state index contributed by atoms with van der Waals surface area (Å²) in [5.74, 6) is -1.81. The second-order valence-electron chi connectivity index (χ2n) is 4.14. The molecule has 2 rings (SSSR count). The zero-order valence-electron chi connectivity index (χ0n) is 9.04. The number of likely N-dealkylation sites (tertiary alicyclic amines) is 1. The predicted octanol–water partition coefficient (Wildman–Crippen LogP) is 2.69. The van der Waals surface area contributed by atoms with E-state index in [1.165, 1.54) is 23.5 Å². The molecule has 0 aromatic carbocycles. The highest BCUT2D eigenvalue weighted by Gasteiger charge is 2.42. The van der Waals surface area contributed by atoms with Gasteiger partial charge in [-0.3, -0.25) is 4.79 Å². The van der Waals surface area contributed by atoms with Crippen molar-refractivity contribution in [2.24, 2.45) is 5.92 Å². The van der Waals surface area contributed by atoms with E-state index in [2.05, 4.69) is 0 Å². The van der Waals surface area contributed by atoms with Gasteiger partial charge in [0, 0.05) is 13.1 Å². The van der Waals surface area contributed by atoms with Gasteiger partial charge < -0.3 is 9.32 Å². The molecule has 1 atom stereocenters. The van der Waals surface area contributed by atoms with Crippen molar-refractivity contribution in [2.75, 3.05) is 13.1 Å². The SMILES string of the molecule is O=C(c1ccoc1)N1CCC[C@@H](C(F)(F)F)C1. The Morgan fingerprint density at radius 1 is 1.47 bits per heavy atom. The Labute approximate surface area is 96.2 Å². The molecule has 1 fully saturated rings. The fourth-order valence-electron chi connectivity index (χ4n) is 2.00. The lowest BCUT2D eigenvalue weighted by molar-refractivity contribution is -0.184. The Balaban J connectivity index is 2.05. The number of alkyl halides is 3. The normalized spacial score (nSPS) is 21.6. The minimum atomic E-state index is -4.23. The summed E-state index contributed by atoms with van der Waals surface area (Å²) in [7, 11) is 0. The molecule has 0 radical (unpaired) electrons. The first-order valence-corrected chi connectivity index (χ1v) is 5.36. The van der Waals surface area contributed by atoms with Crippen LogP contribution in [0.5, 0.6) is 0 Å². The highest BCUT2D eigenvalue weighted by atomic mass is 19.4. The van der Waals surface area contributed by atoms with Crippen molar-refractivity contribution in [3.63, 3.8) is 0 Å². The van der Waals surface area contributed by atoms with Crippen LogP contribution in [0.15, 0.2) is 23.0 Å². The van der Waals surface area contributed by atoms with Crippen molar-refractivity contribution < 1.29 is 22.4 Å². The van der Waals surface area contributed by atoms with Crippen LogP contribution >= 0.6 is 0 Å². The van der Waals surface area contributed by atoms with Crippen LogP contribution < -0.4 is 0 Å². The summed E-state index contributed by atoms with van der Waals surface area (Å²) in [6.07, 6.45) is -1.17. The largest absolute Gasteiger partial charge is 0.472 e. The molecule has 1 aliphatic rings. The van der Waals surface area contributed by atoms with Gasteiger partial charge in [0.1, 0.15) is 6.26 Å². The van der Waals surface area contributed by atoms with Crippen LogP contribution in [-0.4, -0.2) is 30.1 Å². The van der Waals surface area contributed by atoms with Crippen molar-refractivity contribution in [3.05, 3.63) is 24.2 Å². The second-order valence-corrected chi connectivity index (χ2v) is 4.14. The summed E-state index contributed by atoms with van der Waals surface area (Å²) in [4.78, 5) is 13.1. The molecular formula is C11H12F3NO2. The van der Waals surface area contributed by atoms with Crippen molar-refractivity contribution in [1.82, 2.24) is 4.90 Å². The summed E-state index contributed by atoms with van der Waals surface area (Å²) in [6.45, 7) is 0.115. The van der Waals surface area contributed by atoms with E-state index in [4.69, 9.17) is 4.42 Å². The minimum Gasteiger partial charge on any atom is -0.472 e. The van der Waals surface area contributed by atoms with Crippen LogP contribution in [-0.2, 0) is 0 Å². The van der Waals surface area contributed by atoms with Crippen LogP contribution in [0.25, 0.3) is 0 Å². The van der Waals surface area contributed by atoms with E-state index < -0.39 is 18.0 Å². The highest BCUT2D eigenvalue weighted by Crippen LogP contribution is 2.33. The van der Waals surface area contributed by atoms with E-state index in [0.29, 0.717) is 18.5 Å². The molecule has 1 aliphatic heterocycles. The number of hydrogen-bond donors (Lipinski definition) is 0. The zero-order valence-corrected chi connectivity index (χ0v) is 9.04. The molecule has 0 unspecified atom stereocenters. The summed E-state index contributed by atoms with van der Waals surface area (Å²) in [5, 5.41) is 0. The van der Waals surface area contributed by atoms with Crippen molar-refractivity contribution in [2.45, 2.75) is 19.0 Å². The van der Waals surface area contributed by atoms with Crippen LogP contribution in [0.2, 0.25) is 0 Å². The first kappa shape index (κ1) is 12.0. The van der Waals surface area contributed by atoms with Gasteiger partial charge in [0.15, 0.2) is 0 Å². The van der Waals surface area contributed by atoms with Gasteiger partial charge in [0.2, 0.25) is 0 Å². The van der Waals surface area contributed by atoms with Gasteiger partial charge in [-0.1, -0.05) is 0 Å². The van der Waals surface area contributed by atoms with E-state index in [1.54, 1.807) is 0 Å². The molecule has 1 amide bonds. The number of halogens is 3. The smallest absolute Gasteiger partial charge is 0.393 e. The summed E-state index contributed by atoms with van der Waals surface area (Å²) in [6, 6.07) is 1.46. The molecule has 0 saturated carbocycles. The van der Waals surface area contributed by atoms with Crippen LogP contribution in [0.1, 0.15) is 23.2 Å². The third-order valence-electron chi connectivity index (χ3n) is 2.94. The third kappa shape index (κ3) is 2.62. The summed E-state index contributed by atoms with van der Waals surface area (Å²) in [5.41, 5.74) is 0.299. The molecule has 94 valence electrons. The first-order chi connectivity index (χ1) is 7.98. The van der Waals surface area contributed by atoms with Gasteiger partial charge in [-0.25, -0.2) is 0 Å². The fourth-order valence-corrected chi connectivity index (χ4v) is 2.00. The lowest BCUT2D eigenvalue weighted by atomic mass is 9.97. The molecule has 6 heteroatoms. The molecule has 0 aliphatic carbocycles. The molecule has 0 bridgehead atoms. The maximum atomic E-state index is 12.6. The number of carbonyl (C=O) groups is 1. The average molecular weight is 247 g/mol. The Kier molecular flexibility index (Phi) is 3.13. The van der Waals surface area contributed by atoms with E-state index in [0.717, 1.165) is 0 Å². The van der Waals surface area contributed by atoms with Gasteiger partial charge >= 0.3 is 6.18 Å². The Hall–Kier alpha value is -1.46. The van der Waals surface area contributed by atoms with E-state index in [9.17, 15) is 18.0 Å². The maximum Gasteiger partial charge on any atom is 0.393 e. The number of piperidine rings is 1. The zero-order chi connectivity index (χ0) is 12.5. The minimum absolute atomic E-state index is 0.0959. The molecule has 0 spiro atoms. The molecular weight excluding hydrogens is 235 g/mol. The Morgan fingerprint density at radius 3 is 2.82 bits per heavy atom. The molecule has 2 heterocycles. The molecule has 17 heavy (non-hydrogen) atoms. The molecule has 1 aromatic rings. The molecule has 0 N–H and O–H groups in total. The van der Waals surface area contributed by atoms with Crippen LogP contribution in [0, 0.1) is 5.92 Å². The van der Waals surface area contributed by atoms with Gasteiger partial charge in [-0.05, 0) is 18.9 Å². The number of hydrogen-bond acceptors (Lipinski definition) is 2. The van der Waals surface area contributed by atoms with Gasteiger partial charge in [0.05, 0.1) is 17.7 Å². The van der Waals surface area contributed by atoms with E-state index in [-0.39, 0.29) is 13.0 Å². The molecule has 3 nitrogen and oxygen atoms in total. The number of carbonyl (C=O) groups excluding carboxylic acids is 1. The van der Waals surface area contributed by atoms with Gasteiger partial charge in [0.25, 0.3) is 5.91 Å². The summed E-state index contributed by atoms with van der Waals surface area (Å²) < 4.78 is 42.4. The number of amides is 1. The van der Waals surface area contributed by atoms with Crippen molar-refractivity contribution >= 4 is 5.91 Å². The summed E-state index contributed by atoms with van der Waals surface area (Å²) >= 11 is 0. The molecule has 1 aromatic heterocycles. The topological polar surface area (TPSA) is 33.5 Å². The van der Waals surface area contributed by atoms with Crippen LogP contribution in [0.3, 0.4) is 0 Å².